The zero-order chi connectivity index (χ0) is 6.85. The van der Waals surface area contributed by atoms with Gasteiger partial charge in [-0.15, -0.1) is 0 Å². The number of carbonyl (C=O) groups excluding carboxylic acids is 1. The maximum absolute atomic E-state index is 11.0. The lowest BCUT2D eigenvalue weighted by Gasteiger charge is -2.11. The summed E-state index contributed by atoms with van der Waals surface area (Å²) in [5.41, 5.74) is 0. The smallest absolute Gasteiger partial charge is 0.151 e. The Morgan fingerprint density at radius 1 is 1.67 bits per heavy atom. The summed E-state index contributed by atoms with van der Waals surface area (Å²) in [7, 11) is 0. The van der Waals surface area contributed by atoms with Gasteiger partial charge in [0, 0.05) is 13.0 Å². The predicted molar refractivity (Wildman–Crippen MR) is 36.3 cm³/mol. The molecule has 0 aromatic rings. The van der Waals surface area contributed by atoms with Crippen molar-refractivity contribution in [1.29, 1.82) is 0 Å². The van der Waals surface area contributed by atoms with Crippen LogP contribution in [0, 0.1) is 5.92 Å². The van der Waals surface area contributed by atoms with Crippen LogP contribution in [0.25, 0.3) is 0 Å². The summed E-state index contributed by atoms with van der Waals surface area (Å²) in [4.78, 5) is 11.0. The Kier molecular flexibility index (Phi) is 1.86. The molecule has 0 aromatic heterocycles. The molecule has 0 radical (unpaired) electrons. The Balaban J connectivity index is 2.49. The highest BCUT2D eigenvalue weighted by Crippen LogP contribution is 2.09. The first-order valence-corrected chi connectivity index (χ1v) is 3.48. The zero-order valence-electron chi connectivity index (χ0n) is 5.98. The van der Waals surface area contributed by atoms with Crippen LogP contribution in [0.2, 0.25) is 0 Å². The Bertz CT molecular complexity index is 120. The second-order valence-corrected chi connectivity index (χ2v) is 2.89. The molecule has 1 aliphatic heterocycles. The quantitative estimate of drug-likeness (QED) is 0.558. The number of nitrogens with one attached hydrogen (secondary N) is 1. The minimum Gasteiger partial charge on any atom is -0.307 e. The third kappa shape index (κ3) is 1.30. The average molecular weight is 127 g/mol. The van der Waals surface area contributed by atoms with Gasteiger partial charge in [0.05, 0.1) is 6.04 Å². The van der Waals surface area contributed by atoms with Crippen molar-refractivity contribution in [3.63, 3.8) is 0 Å². The number of rotatable bonds is 1. The molecular formula is C7H13NO. The Hall–Kier alpha value is -0.370. The third-order valence-electron chi connectivity index (χ3n) is 1.75. The van der Waals surface area contributed by atoms with Crippen molar-refractivity contribution in [3.8, 4) is 0 Å². The Labute approximate surface area is 55.6 Å². The van der Waals surface area contributed by atoms with Gasteiger partial charge in [0.25, 0.3) is 0 Å². The first-order chi connectivity index (χ1) is 4.22. The van der Waals surface area contributed by atoms with Crippen LogP contribution in [-0.4, -0.2) is 18.4 Å². The van der Waals surface area contributed by atoms with Gasteiger partial charge in [-0.25, -0.2) is 0 Å². The minimum absolute atomic E-state index is 0.144. The largest absolute Gasteiger partial charge is 0.307 e. The maximum atomic E-state index is 11.0. The van der Waals surface area contributed by atoms with Gasteiger partial charge in [-0.1, -0.05) is 13.8 Å². The summed E-state index contributed by atoms with van der Waals surface area (Å²) in [5, 5.41) is 3.16. The molecule has 0 spiro atoms. The van der Waals surface area contributed by atoms with Crippen molar-refractivity contribution in [3.05, 3.63) is 0 Å². The highest BCUT2D eigenvalue weighted by Gasteiger charge is 2.25. The van der Waals surface area contributed by atoms with Gasteiger partial charge < -0.3 is 5.32 Å². The standard InChI is InChI=1S/C7H13NO/c1-5(2)7-6(9)3-4-8-7/h5,7-8H,3-4H2,1-2H3. The van der Waals surface area contributed by atoms with Crippen molar-refractivity contribution in [2.24, 2.45) is 5.92 Å². The van der Waals surface area contributed by atoms with Crippen molar-refractivity contribution in [2.75, 3.05) is 6.54 Å². The van der Waals surface area contributed by atoms with E-state index in [1.807, 2.05) is 0 Å². The SMILES string of the molecule is CC(C)C1NCCC1=O. The van der Waals surface area contributed by atoms with E-state index in [0.29, 0.717) is 11.7 Å². The topological polar surface area (TPSA) is 29.1 Å². The molecule has 1 rings (SSSR count). The fourth-order valence-corrected chi connectivity index (χ4v) is 1.23. The van der Waals surface area contributed by atoms with Gasteiger partial charge in [-0.2, -0.15) is 0 Å². The van der Waals surface area contributed by atoms with E-state index in [0.717, 1.165) is 13.0 Å². The van der Waals surface area contributed by atoms with Gasteiger partial charge in [-0.3, -0.25) is 4.79 Å². The van der Waals surface area contributed by atoms with E-state index in [1.54, 1.807) is 0 Å². The van der Waals surface area contributed by atoms with Crippen LogP contribution in [0.4, 0.5) is 0 Å². The van der Waals surface area contributed by atoms with Gasteiger partial charge in [0.1, 0.15) is 0 Å². The molecule has 0 amide bonds. The van der Waals surface area contributed by atoms with E-state index in [1.165, 1.54) is 0 Å². The molecule has 9 heavy (non-hydrogen) atoms. The van der Waals surface area contributed by atoms with Crippen molar-refractivity contribution in [1.82, 2.24) is 5.32 Å². The molecule has 1 N–H and O–H groups in total. The maximum Gasteiger partial charge on any atom is 0.151 e. The lowest BCUT2D eigenvalue weighted by molar-refractivity contribution is -0.119. The van der Waals surface area contributed by atoms with Crippen LogP contribution in [0.1, 0.15) is 20.3 Å². The summed E-state index contributed by atoms with van der Waals surface area (Å²) in [6, 6.07) is 0.144. The van der Waals surface area contributed by atoms with Crippen LogP contribution in [0.15, 0.2) is 0 Å². The first-order valence-electron chi connectivity index (χ1n) is 3.48. The zero-order valence-corrected chi connectivity index (χ0v) is 5.98. The van der Waals surface area contributed by atoms with E-state index in [-0.39, 0.29) is 6.04 Å². The minimum atomic E-state index is 0.144. The van der Waals surface area contributed by atoms with Crippen LogP contribution < -0.4 is 5.32 Å². The van der Waals surface area contributed by atoms with Crippen LogP contribution >= 0.6 is 0 Å². The van der Waals surface area contributed by atoms with Gasteiger partial charge in [0.15, 0.2) is 5.78 Å². The molecule has 2 heteroatoms. The Morgan fingerprint density at radius 2 is 2.33 bits per heavy atom. The molecule has 1 fully saturated rings. The van der Waals surface area contributed by atoms with Crippen molar-refractivity contribution >= 4 is 5.78 Å². The highest BCUT2D eigenvalue weighted by atomic mass is 16.1. The Morgan fingerprint density at radius 3 is 2.56 bits per heavy atom. The average Bonchev–Trinajstić information content (AvgIpc) is 2.13. The molecule has 1 aliphatic rings. The fraction of sp³-hybridized carbons (Fsp3) is 0.857. The van der Waals surface area contributed by atoms with E-state index < -0.39 is 0 Å². The number of carbonyl (C=O) groups is 1. The number of hydrogen-bond donors (Lipinski definition) is 1. The van der Waals surface area contributed by atoms with Gasteiger partial charge in [0.2, 0.25) is 0 Å². The molecule has 52 valence electrons. The first kappa shape index (κ1) is 6.75. The summed E-state index contributed by atoms with van der Waals surface area (Å²) < 4.78 is 0. The molecule has 1 saturated heterocycles. The molecule has 0 aromatic carbocycles. The van der Waals surface area contributed by atoms with Crippen molar-refractivity contribution in [2.45, 2.75) is 26.3 Å². The number of Topliss-reactive ketones (excluding diaryl/α,β-unsaturated/α-hetero) is 1. The lowest BCUT2D eigenvalue weighted by atomic mass is 10.0. The van der Waals surface area contributed by atoms with E-state index in [4.69, 9.17) is 0 Å². The molecule has 1 atom stereocenters. The monoisotopic (exact) mass is 127 g/mol. The molecule has 0 bridgehead atoms. The number of ketones is 1. The van der Waals surface area contributed by atoms with Gasteiger partial charge in [-0.05, 0) is 5.92 Å². The van der Waals surface area contributed by atoms with E-state index >= 15 is 0 Å². The second-order valence-electron chi connectivity index (χ2n) is 2.89. The highest BCUT2D eigenvalue weighted by molar-refractivity contribution is 5.86. The van der Waals surface area contributed by atoms with Gasteiger partial charge >= 0.3 is 0 Å². The predicted octanol–water partition coefficient (Wildman–Crippen LogP) is 0.573. The molecular weight excluding hydrogens is 114 g/mol. The number of hydrogen-bond acceptors (Lipinski definition) is 2. The van der Waals surface area contributed by atoms with E-state index in [9.17, 15) is 4.79 Å². The molecule has 1 unspecified atom stereocenters. The molecule has 0 aliphatic carbocycles. The lowest BCUT2D eigenvalue weighted by Crippen LogP contribution is -2.32. The fourth-order valence-electron chi connectivity index (χ4n) is 1.23. The van der Waals surface area contributed by atoms with Crippen LogP contribution in [-0.2, 0) is 4.79 Å². The molecule has 0 saturated carbocycles. The summed E-state index contributed by atoms with van der Waals surface area (Å²) in [6.45, 7) is 5.02. The van der Waals surface area contributed by atoms with Crippen LogP contribution in [0.5, 0.6) is 0 Å². The normalized spacial score (nSPS) is 27.9. The van der Waals surface area contributed by atoms with Crippen molar-refractivity contribution < 1.29 is 4.79 Å². The third-order valence-corrected chi connectivity index (χ3v) is 1.75. The van der Waals surface area contributed by atoms with Crippen LogP contribution in [0.3, 0.4) is 0 Å². The second kappa shape index (κ2) is 2.48. The molecule has 1 heterocycles. The van der Waals surface area contributed by atoms with E-state index in [2.05, 4.69) is 19.2 Å². The summed E-state index contributed by atoms with van der Waals surface area (Å²) in [6.07, 6.45) is 0.725. The summed E-state index contributed by atoms with van der Waals surface area (Å²) in [5.74, 6) is 0.838. The summed E-state index contributed by atoms with van der Waals surface area (Å²) >= 11 is 0. The molecule has 2 nitrogen and oxygen atoms in total.